The molecule has 2 aromatic heterocycles. The summed E-state index contributed by atoms with van der Waals surface area (Å²) in [6.07, 6.45) is 0.924. The van der Waals surface area contributed by atoms with Crippen LogP contribution in [-0.2, 0) is 11.8 Å². The lowest BCUT2D eigenvalue weighted by Crippen LogP contribution is -2.12. The predicted molar refractivity (Wildman–Crippen MR) is 132 cm³/mol. The van der Waals surface area contributed by atoms with E-state index < -0.39 is 0 Å². The zero-order valence-corrected chi connectivity index (χ0v) is 19.0. The van der Waals surface area contributed by atoms with Crippen LogP contribution in [0, 0.1) is 5.92 Å². The normalized spacial score (nSPS) is 12.5. The Morgan fingerprint density at radius 3 is 2.29 bits per heavy atom. The van der Waals surface area contributed by atoms with E-state index in [1.807, 2.05) is 0 Å². The van der Waals surface area contributed by atoms with Crippen LogP contribution in [0.4, 0.5) is 0 Å². The lowest BCUT2D eigenvalue weighted by Gasteiger charge is -2.22. The summed E-state index contributed by atoms with van der Waals surface area (Å²) >= 11 is 0. The summed E-state index contributed by atoms with van der Waals surface area (Å²) in [5, 5.41) is 4.84. The lowest BCUT2D eigenvalue weighted by atomic mass is 9.82. The minimum absolute atomic E-state index is 0.0253. The van der Waals surface area contributed by atoms with Gasteiger partial charge in [0.2, 0.25) is 0 Å². The number of benzene rings is 3. The van der Waals surface area contributed by atoms with Crippen molar-refractivity contribution in [2.24, 2.45) is 5.92 Å². The van der Waals surface area contributed by atoms with E-state index in [4.69, 9.17) is 9.40 Å². The van der Waals surface area contributed by atoms with Crippen molar-refractivity contribution in [1.82, 2.24) is 4.98 Å². The monoisotopic (exact) mass is 407 g/mol. The van der Waals surface area contributed by atoms with Gasteiger partial charge in [-0.15, -0.1) is 0 Å². The SMILES string of the molecule is CC(C)Cc1cc2c(o1)c(-c1cc(C(C)(C)C)c3ccccc3c1)nc1ccccc12. The van der Waals surface area contributed by atoms with Crippen LogP contribution in [0.5, 0.6) is 0 Å². The van der Waals surface area contributed by atoms with Gasteiger partial charge in [-0.2, -0.15) is 0 Å². The van der Waals surface area contributed by atoms with Gasteiger partial charge in [-0.3, -0.25) is 0 Å². The zero-order chi connectivity index (χ0) is 21.8. The van der Waals surface area contributed by atoms with Gasteiger partial charge in [0.15, 0.2) is 5.58 Å². The predicted octanol–water partition coefficient (Wildman–Crippen LogP) is 8.30. The molecule has 0 saturated carbocycles. The fourth-order valence-corrected chi connectivity index (χ4v) is 4.55. The number of para-hydroxylation sites is 1. The second kappa shape index (κ2) is 7.23. The van der Waals surface area contributed by atoms with Crippen LogP contribution in [0.25, 0.3) is 43.9 Å². The van der Waals surface area contributed by atoms with Crippen molar-refractivity contribution < 1.29 is 4.42 Å². The van der Waals surface area contributed by atoms with Crippen LogP contribution >= 0.6 is 0 Å². The molecule has 0 aliphatic heterocycles. The minimum atomic E-state index is 0.0253. The van der Waals surface area contributed by atoms with Crippen LogP contribution < -0.4 is 0 Å². The summed E-state index contributed by atoms with van der Waals surface area (Å²) in [5.74, 6) is 1.57. The Balaban J connectivity index is 1.85. The topological polar surface area (TPSA) is 26.0 Å². The molecule has 0 aliphatic carbocycles. The van der Waals surface area contributed by atoms with Gasteiger partial charge < -0.3 is 4.42 Å². The van der Waals surface area contributed by atoms with Crippen molar-refractivity contribution in [2.45, 2.75) is 46.5 Å². The first-order valence-corrected chi connectivity index (χ1v) is 11.2. The highest BCUT2D eigenvalue weighted by molar-refractivity contribution is 6.09. The molecule has 0 aliphatic rings. The Hall–Kier alpha value is -3.13. The van der Waals surface area contributed by atoms with Gasteiger partial charge in [-0.05, 0) is 51.9 Å². The first-order valence-electron chi connectivity index (χ1n) is 11.2. The summed E-state index contributed by atoms with van der Waals surface area (Å²) in [6, 6.07) is 23.8. The molecule has 0 unspecified atom stereocenters. The zero-order valence-electron chi connectivity index (χ0n) is 19.0. The van der Waals surface area contributed by atoms with Gasteiger partial charge in [-0.25, -0.2) is 4.98 Å². The van der Waals surface area contributed by atoms with Gasteiger partial charge >= 0.3 is 0 Å². The molecule has 0 saturated heterocycles. The fraction of sp³-hybridized carbons (Fsp3) is 0.276. The van der Waals surface area contributed by atoms with Gasteiger partial charge in [0.1, 0.15) is 11.5 Å². The van der Waals surface area contributed by atoms with Crippen LogP contribution in [-0.4, -0.2) is 4.98 Å². The minimum Gasteiger partial charge on any atom is -0.459 e. The van der Waals surface area contributed by atoms with E-state index in [0.29, 0.717) is 5.92 Å². The third-order valence-electron chi connectivity index (χ3n) is 5.98. The van der Waals surface area contributed by atoms with Crippen molar-refractivity contribution in [3.05, 3.63) is 78.1 Å². The van der Waals surface area contributed by atoms with Gasteiger partial charge in [0, 0.05) is 22.8 Å². The average Bonchev–Trinajstić information content (AvgIpc) is 3.14. The maximum absolute atomic E-state index is 6.45. The van der Waals surface area contributed by atoms with Crippen LogP contribution in [0.2, 0.25) is 0 Å². The number of hydrogen-bond acceptors (Lipinski definition) is 2. The summed E-state index contributed by atoms with van der Waals surface area (Å²) < 4.78 is 6.45. The van der Waals surface area contributed by atoms with Crippen molar-refractivity contribution in [3.8, 4) is 11.3 Å². The molecule has 0 radical (unpaired) electrons. The largest absolute Gasteiger partial charge is 0.459 e. The number of rotatable bonds is 3. The number of furan rings is 1. The maximum Gasteiger partial charge on any atom is 0.161 e. The first kappa shape index (κ1) is 19.8. The van der Waals surface area contributed by atoms with Crippen LogP contribution in [0.15, 0.2) is 71.1 Å². The third kappa shape index (κ3) is 3.50. The Bertz CT molecular complexity index is 1420. The van der Waals surface area contributed by atoms with Gasteiger partial charge in [-0.1, -0.05) is 77.1 Å². The van der Waals surface area contributed by atoms with Crippen LogP contribution in [0.3, 0.4) is 0 Å². The maximum atomic E-state index is 6.45. The molecule has 156 valence electrons. The molecule has 31 heavy (non-hydrogen) atoms. The fourth-order valence-electron chi connectivity index (χ4n) is 4.55. The van der Waals surface area contributed by atoms with E-state index in [0.717, 1.165) is 45.3 Å². The standard InChI is InChI=1S/C29H29NO/c1-18(2)14-21-17-24-23-12-8-9-13-26(23)30-27(28(24)31-21)20-15-19-10-6-7-11-22(19)25(16-20)29(3,4)5/h6-13,15-18H,14H2,1-5H3. The molecule has 2 heterocycles. The molecule has 0 amide bonds. The molecular formula is C29H29NO. The molecular weight excluding hydrogens is 378 g/mol. The molecule has 0 bridgehead atoms. The summed E-state index contributed by atoms with van der Waals surface area (Å²) in [6.45, 7) is 11.3. The van der Waals surface area contributed by atoms with E-state index >= 15 is 0 Å². The van der Waals surface area contributed by atoms with Gasteiger partial charge in [0.25, 0.3) is 0 Å². The summed E-state index contributed by atoms with van der Waals surface area (Å²) in [7, 11) is 0. The molecule has 0 atom stereocenters. The average molecular weight is 408 g/mol. The smallest absolute Gasteiger partial charge is 0.161 e. The molecule has 2 nitrogen and oxygen atoms in total. The van der Waals surface area contributed by atoms with E-state index in [9.17, 15) is 0 Å². The number of aromatic nitrogens is 1. The van der Waals surface area contributed by atoms with Crippen molar-refractivity contribution in [2.75, 3.05) is 0 Å². The van der Waals surface area contributed by atoms with E-state index in [1.165, 1.54) is 16.3 Å². The highest BCUT2D eigenvalue weighted by atomic mass is 16.3. The van der Waals surface area contributed by atoms with Crippen LogP contribution in [0.1, 0.15) is 45.9 Å². The summed E-state index contributed by atoms with van der Waals surface area (Å²) in [4.78, 5) is 5.10. The van der Waals surface area contributed by atoms with Crippen molar-refractivity contribution >= 4 is 32.6 Å². The van der Waals surface area contributed by atoms with Crippen molar-refractivity contribution in [1.29, 1.82) is 0 Å². The molecule has 0 fully saturated rings. The lowest BCUT2D eigenvalue weighted by molar-refractivity contribution is 0.500. The van der Waals surface area contributed by atoms with Gasteiger partial charge in [0.05, 0.1) is 5.52 Å². The van der Waals surface area contributed by atoms with Crippen molar-refractivity contribution in [3.63, 3.8) is 0 Å². The van der Waals surface area contributed by atoms with E-state index in [2.05, 4.69) is 101 Å². The number of hydrogen-bond donors (Lipinski definition) is 0. The second-order valence-corrected chi connectivity index (χ2v) is 10.0. The van der Waals surface area contributed by atoms with E-state index in [1.54, 1.807) is 0 Å². The Morgan fingerprint density at radius 2 is 1.55 bits per heavy atom. The highest BCUT2D eigenvalue weighted by Gasteiger charge is 2.21. The Kier molecular flexibility index (Phi) is 4.62. The quantitative estimate of drug-likeness (QED) is 0.301. The summed E-state index contributed by atoms with van der Waals surface area (Å²) in [5.41, 5.74) is 5.30. The molecule has 3 aromatic carbocycles. The second-order valence-electron chi connectivity index (χ2n) is 10.0. The molecule has 5 aromatic rings. The number of pyridine rings is 1. The molecule has 0 spiro atoms. The molecule has 5 rings (SSSR count). The Labute approximate surface area is 183 Å². The Morgan fingerprint density at radius 1 is 0.839 bits per heavy atom. The first-order chi connectivity index (χ1) is 14.8. The van der Waals surface area contributed by atoms with E-state index in [-0.39, 0.29) is 5.41 Å². The molecule has 0 N–H and O–H groups in total. The number of fused-ring (bicyclic) bond motifs is 4. The number of nitrogens with zero attached hydrogens (tertiary/aromatic N) is 1. The highest BCUT2D eigenvalue weighted by Crippen LogP contribution is 2.39. The third-order valence-corrected chi connectivity index (χ3v) is 5.98. The molecule has 2 heteroatoms.